The average molecular weight is 368 g/mol. The van der Waals surface area contributed by atoms with E-state index in [0.717, 1.165) is 40.0 Å². The fourth-order valence-electron chi connectivity index (χ4n) is 2.82. The minimum atomic E-state index is 0.495. The number of fused-ring (bicyclic) bond motifs is 1. The van der Waals surface area contributed by atoms with E-state index in [4.69, 9.17) is 11.6 Å². The molecule has 0 aliphatic carbocycles. The highest BCUT2D eigenvalue weighted by Gasteiger charge is 2.29. The minimum Gasteiger partial charge on any atom is -0.327 e. The van der Waals surface area contributed by atoms with Crippen molar-refractivity contribution in [1.29, 1.82) is 0 Å². The third-order valence-corrected chi connectivity index (χ3v) is 4.71. The Morgan fingerprint density at radius 3 is 2.65 bits per heavy atom. The number of allylic oxidation sites excluding steroid dienone is 1. The number of aromatic nitrogens is 2. The molecule has 3 rings (SSSR count). The molecule has 0 saturated carbocycles. The highest BCUT2D eigenvalue weighted by Crippen LogP contribution is 2.38. The molecule has 0 bridgehead atoms. The molecule has 0 unspecified atom stereocenters. The normalized spacial score (nSPS) is 14.9. The standard InChI is InChI=1S/C20H22ClN5/c1-6-19(21)23-13(2)17-9-7-16(8-10-17)12-26-15(4)25(5)18-11-22-14(3)24-20(18)26/h6-11H,4,12H2,1-3,5H3/b19-6-,23-13+. The van der Waals surface area contributed by atoms with Crippen LogP contribution in [0.15, 0.2) is 59.1 Å². The van der Waals surface area contributed by atoms with Gasteiger partial charge in [-0.1, -0.05) is 48.5 Å². The van der Waals surface area contributed by atoms with Crippen LogP contribution in [0.25, 0.3) is 0 Å². The number of aliphatic imine (C=N–C) groups is 1. The van der Waals surface area contributed by atoms with Crippen LogP contribution in [0.4, 0.5) is 11.5 Å². The van der Waals surface area contributed by atoms with Crippen molar-refractivity contribution in [2.45, 2.75) is 27.3 Å². The van der Waals surface area contributed by atoms with Crippen molar-refractivity contribution < 1.29 is 0 Å². The van der Waals surface area contributed by atoms with Crippen molar-refractivity contribution >= 4 is 28.8 Å². The Labute approximate surface area is 159 Å². The summed E-state index contributed by atoms with van der Waals surface area (Å²) in [6.07, 6.45) is 3.62. The van der Waals surface area contributed by atoms with Gasteiger partial charge in [0.2, 0.25) is 0 Å². The number of benzene rings is 1. The van der Waals surface area contributed by atoms with Crippen molar-refractivity contribution in [3.63, 3.8) is 0 Å². The first-order chi connectivity index (χ1) is 12.4. The molecule has 0 N–H and O–H groups in total. The van der Waals surface area contributed by atoms with Crippen molar-refractivity contribution in [2.75, 3.05) is 16.8 Å². The summed E-state index contributed by atoms with van der Waals surface area (Å²) in [7, 11) is 1.98. The smallest absolute Gasteiger partial charge is 0.162 e. The van der Waals surface area contributed by atoms with E-state index in [1.165, 1.54) is 0 Å². The number of hydrogen-bond donors (Lipinski definition) is 0. The summed E-state index contributed by atoms with van der Waals surface area (Å²) in [6.45, 7) is 10.6. The fraction of sp³-hybridized carbons (Fsp3) is 0.250. The molecule has 1 aromatic carbocycles. The van der Waals surface area contributed by atoms with Gasteiger partial charge in [-0.3, -0.25) is 0 Å². The topological polar surface area (TPSA) is 44.6 Å². The van der Waals surface area contributed by atoms with Crippen molar-refractivity contribution in [2.24, 2.45) is 4.99 Å². The molecule has 1 aliphatic heterocycles. The van der Waals surface area contributed by atoms with Crippen LogP contribution in [0.3, 0.4) is 0 Å². The first-order valence-corrected chi connectivity index (χ1v) is 8.78. The fourth-order valence-corrected chi connectivity index (χ4v) is 2.95. The van der Waals surface area contributed by atoms with Crippen LogP contribution in [0.1, 0.15) is 30.8 Å². The first-order valence-electron chi connectivity index (χ1n) is 8.41. The zero-order chi connectivity index (χ0) is 18.8. The Morgan fingerprint density at radius 1 is 1.31 bits per heavy atom. The Morgan fingerprint density at radius 2 is 2.00 bits per heavy atom. The molecule has 0 atom stereocenters. The van der Waals surface area contributed by atoms with Crippen LogP contribution < -0.4 is 9.80 Å². The second-order valence-electron chi connectivity index (χ2n) is 6.19. The molecule has 0 saturated heterocycles. The predicted octanol–water partition coefficient (Wildman–Crippen LogP) is 4.62. The molecule has 26 heavy (non-hydrogen) atoms. The van der Waals surface area contributed by atoms with E-state index in [0.29, 0.717) is 11.7 Å². The Balaban J connectivity index is 1.83. The van der Waals surface area contributed by atoms with Crippen LogP contribution in [0, 0.1) is 6.92 Å². The third-order valence-electron chi connectivity index (χ3n) is 4.41. The van der Waals surface area contributed by atoms with Gasteiger partial charge < -0.3 is 9.80 Å². The van der Waals surface area contributed by atoms with E-state index in [9.17, 15) is 0 Å². The lowest BCUT2D eigenvalue weighted by Crippen LogP contribution is -2.24. The Bertz CT molecular complexity index is 899. The van der Waals surface area contributed by atoms with E-state index >= 15 is 0 Å². The van der Waals surface area contributed by atoms with Gasteiger partial charge in [-0.05, 0) is 31.9 Å². The summed E-state index contributed by atoms with van der Waals surface area (Å²) in [5.74, 6) is 2.54. The molecule has 1 aromatic heterocycles. The van der Waals surface area contributed by atoms with Gasteiger partial charge in [0.25, 0.3) is 0 Å². The van der Waals surface area contributed by atoms with Gasteiger partial charge in [-0.25, -0.2) is 15.0 Å². The Hall–Kier alpha value is -2.66. The molecule has 2 heterocycles. The molecule has 0 radical (unpaired) electrons. The van der Waals surface area contributed by atoms with Crippen molar-refractivity contribution in [3.8, 4) is 0 Å². The molecule has 2 aromatic rings. The molecule has 0 fully saturated rings. The number of anilines is 2. The predicted molar refractivity (Wildman–Crippen MR) is 109 cm³/mol. The van der Waals surface area contributed by atoms with E-state index in [1.54, 1.807) is 6.08 Å². The van der Waals surface area contributed by atoms with E-state index < -0.39 is 0 Å². The van der Waals surface area contributed by atoms with Gasteiger partial charge in [0.15, 0.2) is 5.82 Å². The molecule has 1 aliphatic rings. The monoisotopic (exact) mass is 367 g/mol. The SMILES string of the molecule is C=C1N(C)c2cnc(C)nc2N1Cc1ccc(/C(C)=N/C(Cl)=C\C)cc1. The highest BCUT2D eigenvalue weighted by molar-refractivity contribution is 6.30. The lowest BCUT2D eigenvalue weighted by atomic mass is 10.1. The largest absolute Gasteiger partial charge is 0.327 e. The van der Waals surface area contributed by atoms with Crippen LogP contribution in [0.5, 0.6) is 0 Å². The van der Waals surface area contributed by atoms with Crippen LogP contribution >= 0.6 is 11.6 Å². The van der Waals surface area contributed by atoms with Gasteiger partial charge in [0.05, 0.1) is 12.7 Å². The number of rotatable bonds is 4. The lowest BCUT2D eigenvalue weighted by Gasteiger charge is -2.21. The summed E-state index contributed by atoms with van der Waals surface area (Å²) in [5, 5.41) is 0.495. The maximum absolute atomic E-state index is 5.99. The highest BCUT2D eigenvalue weighted by atomic mass is 35.5. The van der Waals surface area contributed by atoms with Crippen molar-refractivity contribution in [1.82, 2.24) is 9.97 Å². The van der Waals surface area contributed by atoms with Crippen LogP contribution in [-0.2, 0) is 6.54 Å². The molecular weight excluding hydrogens is 346 g/mol. The second-order valence-corrected chi connectivity index (χ2v) is 6.58. The van der Waals surface area contributed by atoms with Gasteiger partial charge in [0.1, 0.15) is 22.5 Å². The van der Waals surface area contributed by atoms with Gasteiger partial charge in [-0.2, -0.15) is 0 Å². The van der Waals surface area contributed by atoms with Crippen LogP contribution in [-0.4, -0.2) is 22.7 Å². The molecule has 5 nitrogen and oxygen atoms in total. The lowest BCUT2D eigenvalue weighted by molar-refractivity contribution is 0.894. The average Bonchev–Trinajstić information content (AvgIpc) is 2.86. The summed E-state index contributed by atoms with van der Waals surface area (Å²) in [4.78, 5) is 17.4. The van der Waals surface area contributed by atoms with Crippen molar-refractivity contribution in [3.05, 3.63) is 71.0 Å². The molecule has 134 valence electrons. The quantitative estimate of drug-likeness (QED) is 0.584. The van der Waals surface area contributed by atoms with Crippen LogP contribution in [0.2, 0.25) is 0 Å². The van der Waals surface area contributed by atoms with E-state index in [1.807, 2.05) is 38.9 Å². The summed E-state index contributed by atoms with van der Waals surface area (Å²) >= 11 is 5.99. The third kappa shape index (κ3) is 3.48. The summed E-state index contributed by atoms with van der Waals surface area (Å²) in [5.41, 5.74) is 4.07. The zero-order valence-corrected chi connectivity index (χ0v) is 16.2. The molecule has 0 amide bonds. The maximum atomic E-state index is 5.99. The van der Waals surface area contributed by atoms with Gasteiger partial charge in [0, 0.05) is 12.8 Å². The summed E-state index contributed by atoms with van der Waals surface area (Å²) in [6, 6.07) is 8.31. The minimum absolute atomic E-state index is 0.495. The van der Waals surface area contributed by atoms with Gasteiger partial charge in [-0.15, -0.1) is 0 Å². The van der Waals surface area contributed by atoms with Gasteiger partial charge >= 0.3 is 0 Å². The van der Waals surface area contributed by atoms with E-state index in [-0.39, 0.29) is 0 Å². The number of nitrogens with zero attached hydrogens (tertiary/aromatic N) is 5. The second kappa shape index (κ2) is 7.30. The number of hydrogen-bond acceptors (Lipinski definition) is 5. The van der Waals surface area contributed by atoms with E-state index in [2.05, 4.69) is 50.7 Å². The zero-order valence-electron chi connectivity index (χ0n) is 15.5. The summed E-state index contributed by atoms with van der Waals surface area (Å²) < 4.78 is 0. The molecule has 0 spiro atoms. The first kappa shape index (κ1) is 18.1. The number of halogens is 1. The number of aryl methyl sites for hydroxylation is 1. The maximum Gasteiger partial charge on any atom is 0.162 e. The molecular formula is C20H22ClN5. The Kier molecular flexibility index (Phi) is 5.09. The molecule has 6 heteroatoms.